The van der Waals surface area contributed by atoms with Crippen molar-refractivity contribution in [2.24, 2.45) is 0 Å². The van der Waals surface area contributed by atoms with E-state index in [0.29, 0.717) is 0 Å². The Kier molecular flexibility index (Phi) is 0.175. The molecule has 6 heavy (non-hydrogen) atoms. The van der Waals surface area contributed by atoms with Crippen LogP contribution >= 0.6 is 0 Å². The minimum Gasteiger partial charge on any atom is -0.306 e. The molecule has 0 amide bonds. The van der Waals surface area contributed by atoms with Gasteiger partial charge in [-0.05, 0) is 32.8 Å². The maximum Gasteiger partial charge on any atom is 0.0430 e. The fraction of sp³-hybridized carbons (Fsp3) is 1.00. The molecule has 1 heteroatoms. The molecule has 0 aliphatic carbocycles. The molecule has 0 bridgehead atoms. The van der Waals surface area contributed by atoms with Gasteiger partial charge in [0.05, 0.1) is 0 Å². The summed E-state index contributed by atoms with van der Waals surface area (Å²) in [7, 11) is -0.848. The van der Waals surface area contributed by atoms with Gasteiger partial charge in [0.2, 0.25) is 0 Å². The molecule has 0 atom stereocenters. The normalized spacial score (nSPS) is 81.0. The summed E-state index contributed by atoms with van der Waals surface area (Å²) < 4.78 is 65.8. The quantitative estimate of drug-likeness (QED) is 0.427. The van der Waals surface area contributed by atoms with Crippen molar-refractivity contribution in [1.82, 2.24) is 4.90 Å². The highest BCUT2D eigenvalue weighted by molar-refractivity contribution is 4.59. The largest absolute Gasteiger partial charge is 0.306 e. The Hall–Kier alpha value is -0.0400. The van der Waals surface area contributed by atoms with E-state index in [-0.39, 0.29) is 4.90 Å². The van der Waals surface area contributed by atoms with Crippen molar-refractivity contribution in [2.75, 3.05) is 20.0 Å². The van der Waals surface area contributed by atoms with Gasteiger partial charge < -0.3 is 4.90 Å². The lowest BCUT2D eigenvalue weighted by atomic mass is 10.4. The molecule has 0 unspecified atom stereocenters. The molecule has 1 heterocycles. The zero-order valence-electron chi connectivity index (χ0n) is 12.2. The molecule has 0 saturated carbocycles. The van der Waals surface area contributed by atoms with Crippen LogP contribution in [0.15, 0.2) is 0 Å². The van der Waals surface area contributed by atoms with E-state index in [0.717, 1.165) is 0 Å². The van der Waals surface area contributed by atoms with E-state index in [1.54, 1.807) is 0 Å². The predicted octanol–water partition coefficient (Wildman–Crippen LogP) is 0.712. The molecular weight excluding hydrogens is 74.1 g/mol. The van der Waals surface area contributed by atoms with E-state index in [9.17, 15) is 0 Å². The van der Waals surface area contributed by atoms with Gasteiger partial charge in [-0.2, -0.15) is 0 Å². The molecule has 36 valence electrons. The molecule has 0 aromatic heterocycles. The van der Waals surface area contributed by atoms with E-state index in [4.69, 9.17) is 12.3 Å². The first-order valence-electron chi connectivity index (χ1n) is 6.22. The smallest absolute Gasteiger partial charge is 0.0430 e. The SMILES string of the molecule is [2H]CN1C([2H])([2H])C([2H])([2H])C([2H])([2H])C1([2H])[2H]. The maximum absolute atomic E-state index is 7.38. The Morgan fingerprint density at radius 2 is 2.33 bits per heavy atom. The van der Waals surface area contributed by atoms with Crippen molar-refractivity contribution < 1.29 is 12.3 Å². The van der Waals surface area contributed by atoms with Crippen molar-refractivity contribution in [1.29, 1.82) is 0 Å². The van der Waals surface area contributed by atoms with Crippen LogP contribution in [-0.4, -0.2) is 24.9 Å². The lowest BCUT2D eigenvalue weighted by Gasteiger charge is -2.01. The first-order chi connectivity index (χ1) is 6.44. The molecule has 1 aliphatic rings. The van der Waals surface area contributed by atoms with E-state index in [1.807, 2.05) is 0 Å². The third-order valence-corrected chi connectivity index (χ3v) is 0.444. The standard InChI is InChI=1S/C5H11N/c1-6-4-2-3-5-6/h2-5H2,1H3/i1D,2D2,3D2,4D2,5D2. The maximum atomic E-state index is 7.38. The van der Waals surface area contributed by atoms with Crippen LogP contribution in [-0.2, 0) is 0 Å². The molecular formula is C5H11N. The highest BCUT2D eigenvalue weighted by Crippen LogP contribution is 2.01. The zero-order valence-corrected chi connectivity index (χ0v) is 3.15. The minimum absolute atomic E-state index is 0.250. The van der Waals surface area contributed by atoms with Gasteiger partial charge >= 0.3 is 0 Å². The average molecular weight is 94.2 g/mol. The molecule has 0 spiro atoms. The van der Waals surface area contributed by atoms with Crippen LogP contribution in [0.2, 0.25) is 0 Å². The van der Waals surface area contributed by atoms with Gasteiger partial charge in [-0.15, -0.1) is 0 Å². The van der Waals surface area contributed by atoms with Crippen LogP contribution in [0.4, 0.5) is 0 Å². The van der Waals surface area contributed by atoms with Crippen LogP contribution in [0.25, 0.3) is 0 Å². The van der Waals surface area contributed by atoms with Gasteiger partial charge in [0.1, 0.15) is 0 Å². The van der Waals surface area contributed by atoms with Gasteiger partial charge in [0.15, 0.2) is 0 Å². The average Bonchev–Trinajstić information content (AvgIpc) is 2.07. The fourth-order valence-corrected chi connectivity index (χ4v) is 0.219. The summed E-state index contributed by atoms with van der Waals surface area (Å²) in [6.07, 6.45) is -6.02. The summed E-state index contributed by atoms with van der Waals surface area (Å²) in [6.45, 7) is -5.69. The van der Waals surface area contributed by atoms with E-state index in [1.165, 1.54) is 0 Å². The lowest BCUT2D eigenvalue weighted by Crippen LogP contribution is -2.10. The molecule has 1 rings (SSSR count). The third kappa shape index (κ3) is 0.716. The van der Waals surface area contributed by atoms with Crippen molar-refractivity contribution in [3.63, 3.8) is 0 Å². The Morgan fingerprint density at radius 1 is 1.67 bits per heavy atom. The van der Waals surface area contributed by atoms with Crippen LogP contribution in [0.3, 0.4) is 0 Å². The van der Waals surface area contributed by atoms with E-state index >= 15 is 0 Å². The molecule has 1 saturated heterocycles. The summed E-state index contributed by atoms with van der Waals surface area (Å²) in [6, 6.07) is 0. The minimum atomic E-state index is -3.01. The number of rotatable bonds is 0. The Bertz CT molecular complexity index is 246. The van der Waals surface area contributed by atoms with Gasteiger partial charge in [-0.3, -0.25) is 0 Å². The second-order valence-corrected chi connectivity index (χ2v) is 0.902. The lowest BCUT2D eigenvalue weighted by molar-refractivity contribution is 0.418. The summed E-state index contributed by atoms with van der Waals surface area (Å²) in [4.78, 5) is 0.250. The second-order valence-electron chi connectivity index (χ2n) is 0.902. The van der Waals surface area contributed by atoms with Crippen LogP contribution < -0.4 is 0 Å². The molecule has 1 aliphatic heterocycles. The van der Waals surface area contributed by atoms with E-state index < -0.39 is 32.8 Å². The number of hydrogen-bond donors (Lipinski definition) is 0. The van der Waals surface area contributed by atoms with Gasteiger partial charge in [-0.25, -0.2) is 0 Å². The van der Waals surface area contributed by atoms with Crippen molar-refractivity contribution in [3.05, 3.63) is 0 Å². The van der Waals surface area contributed by atoms with Gasteiger partial charge in [0.25, 0.3) is 0 Å². The van der Waals surface area contributed by atoms with Crippen molar-refractivity contribution >= 4 is 0 Å². The highest BCUT2D eigenvalue weighted by Gasteiger charge is 2.03. The van der Waals surface area contributed by atoms with Crippen LogP contribution in [0.1, 0.15) is 25.1 Å². The summed E-state index contributed by atoms with van der Waals surface area (Å²) in [5.41, 5.74) is 0. The van der Waals surface area contributed by atoms with Gasteiger partial charge in [0, 0.05) is 12.3 Å². The summed E-state index contributed by atoms with van der Waals surface area (Å²) in [5.74, 6) is 0. The molecule has 0 radical (unpaired) electrons. The van der Waals surface area contributed by atoms with E-state index in [2.05, 4.69) is 0 Å². The van der Waals surface area contributed by atoms with Crippen molar-refractivity contribution in [3.8, 4) is 0 Å². The molecule has 0 N–H and O–H groups in total. The predicted molar refractivity (Wildman–Crippen MR) is 26.7 cm³/mol. The number of hydrogen-bond acceptors (Lipinski definition) is 1. The number of likely N-dealkylation sites (tertiary alicyclic amines) is 1. The Balaban J connectivity index is 3.40. The topological polar surface area (TPSA) is 3.24 Å². The first kappa shape index (κ1) is 0.655. The van der Waals surface area contributed by atoms with Crippen LogP contribution in [0.5, 0.6) is 0 Å². The Labute approximate surface area is 51.6 Å². The number of nitrogens with zero attached hydrogens (tertiary/aromatic N) is 1. The summed E-state index contributed by atoms with van der Waals surface area (Å²) >= 11 is 0. The first-order valence-corrected chi connectivity index (χ1v) is 1.51. The molecule has 1 fully saturated rings. The summed E-state index contributed by atoms with van der Waals surface area (Å²) in [5, 5.41) is 0. The Morgan fingerprint density at radius 3 is 2.67 bits per heavy atom. The van der Waals surface area contributed by atoms with Gasteiger partial charge in [-0.1, -0.05) is 0 Å². The monoisotopic (exact) mass is 94.1 g/mol. The molecule has 0 aromatic rings. The zero-order chi connectivity index (χ0) is 12.3. The molecule has 1 nitrogen and oxygen atoms in total. The van der Waals surface area contributed by atoms with Crippen molar-refractivity contribution in [2.45, 2.75) is 12.7 Å². The molecule has 0 aromatic carbocycles. The van der Waals surface area contributed by atoms with Crippen LogP contribution in [0, 0.1) is 0 Å². The fourth-order valence-electron chi connectivity index (χ4n) is 0.219. The third-order valence-electron chi connectivity index (χ3n) is 0.444. The second kappa shape index (κ2) is 1.61. The highest BCUT2D eigenvalue weighted by atomic mass is 15.1.